The van der Waals surface area contributed by atoms with Gasteiger partial charge < -0.3 is 11.5 Å². The van der Waals surface area contributed by atoms with Crippen LogP contribution in [0.25, 0.3) is 0 Å². The SMILES string of the molecule is C#CC(N)CC(F)(F)CN. The molecule has 0 aromatic rings. The van der Waals surface area contributed by atoms with Gasteiger partial charge in [0.15, 0.2) is 0 Å². The zero-order chi connectivity index (χ0) is 8.20. The molecule has 0 heterocycles. The van der Waals surface area contributed by atoms with Gasteiger partial charge in [0.2, 0.25) is 0 Å². The number of alkyl halides is 2. The number of rotatable bonds is 3. The molecular formula is C6H10F2N2. The number of halogens is 2. The first-order valence-electron chi connectivity index (χ1n) is 2.81. The van der Waals surface area contributed by atoms with Crippen molar-refractivity contribution in [3.05, 3.63) is 0 Å². The van der Waals surface area contributed by atoms with E-state index in [9.17, 15) is 8.78 Å². The molecule has 58 valence electrons. The molecule has 0 aliphatic heterocycles. The van der Waals surface area contributed by atoms with Crippen molar-refractivity contribution in [2.24, 2.45) is 11.5 Å². The molecule has 10 heavy (non-hydrogen) atoms. The van der Waals surface area contributed by atoms with Gasteiger partial charge in [-0.15, -0.1) is 6.42 Å². The van der Waals surface area contributed by atoms with E-state index in [-0.39, 0.29) is 0 Å². The van der Waals surface area contributed by atoms with Crippen LogP contribution >= 0.6 is 0 Å². The minimum atomic E-state index is -2.92. The molecule has 2 nitrogen and oxygen atoms in total. The topological polar surface area (TPSA) is 52.0 Å². The summed E-state index contributed by atoms with van der Waals surface area (Å²) >= 11 is 0. The van der Waals surface area contributed by atoms with E-state index in [2.05, 4.69) is 0 Å². The molecule has 0 rings (SSSR count). The zero-order valence-electron chi connectivity index (χ0n) is 5.48. The highest BCUT2D eigenvalue weighted by Gasteiger charge is 2.28. The summed E-state index contributed by atoms with van der Waals surface area (Å²) < 4.78 is 24.6. The Hall–Kier alpha value is -0.660. The fourth-order valence-electron chi connectivity index (χ4n) is 0.464. The van der Waals surface area contributed by atoms with Gasteiger partial charge in [0.1, 0.15) is 0 Å². The highest BCUT2D eigenvalue weighted by atomic mass is 19.3. The molecule has 0 bridgehead atoms. The van der Waals surface area contributed by atoms with Crippen LogP contribution in [0.4, 0.5) is 8.78 Å². The second-order valence-corrected chi connectivity index (χ2v) is 2.04. The summed E-state index contributed by atoms with van der Waals surface area (Å²) in [6.07, 6.45) is 4.24. The molecule has 0 amide bonds. The van der Waals surface area contributed by atoms with Crippen molar-refractivity contribution in [3.63, 3.8) is 0 Å². The van der Waals surface area contributed by atoms with Crippen molar-refractivity contribution in [2.45, 2.75) is 18.4 Å². The van der Waals surface area contributed by atoms with Crippen molar-refractivity contribution in [2.75, 3.05) is 6.54 Å². The predicted molar refractivity (Wildman–Crippen MR) is 35.4 cm³/mol. The van der Waals surface area contributed by atoms with Crippen LogP contribution in [0.2, 0.25) is 0 Å². The van der Waals surface area contributed by atoms with Crippen molar-refractivity contribution in [1.82, 2.24) is 0 Å². The van der Waals surface area contributed by atoms with Gasteiger partial charge in [0.05, 0.1) is 12.6 Å². The van der Waals surface area contributed by atoms with E-state index in [0.717, 1.165) is 0 Å². The van der Waals surface area contributed by atoms with Gasteiger partial charge in [-0.2, -0.15) is 0 Å². The highest BCUT2D eigenvalue weighted by molar-refractivity contribution is 4.98. The molecule has 4 heteroatoms. The third-order valence-corrected chi connectivity index (χ3v) is 1.03. The Morgan fingerprint density at radius 3 is 2.40 bits per heavy atom. The van der Waals surface area contributed by atoms with E-state index in [4.69, 9.17) is 17.9 Å². The Bertz CT molecular complexity index is 139. The van der Waals surface area contributed by atoms with Crippen LogP contribution in [-0.4, -0.2) is 18.5 Å². The maximum Gasteiger partial charge on any atom is 0.262 e. The maximum absolute atomic E-state index is 12.3. The van der Waals surface area contributed by atoms with Crippen LogP contribution < -0.4 is 11.5 Å². The molecule has 0 saturated heterocycles. The van der Waals surface area contributed by atoms with E-state index < -0.39 is 24.9 Å². The summed E-state index contributed by atoms with van der Waals surface area (Å²) in [4.78, 5) is 0. The van der Waals surface area contributed by atoms with Gasteiger partial charge in [0.25, 0.3) is 5.92 Å². The average molecular weight is 148 g/mol. The smallest absolute Gasteiger partial charge is 0.262 e. The Balaban J connectivity index is 3.79. The van der Waals surface area contributed by atoms with Crippen molar-refractivity contribution in [1.29, 1.82) is 0 Å². The molecule has 0 fully saturated rings. The Kier molecular flexibility index (Phi) is 3.26. The number of hydrogen-bond acceptors (Lipinski definition) is 2. The molecule has 4 N–H and O–H groups in total. The second-order valence-electron chi connectivity index (χ2n) is 2.04. The van der Waals surface area contributed by atoms with E-state index in [1.54, 1.807) is 0 Å². The van der Waals surface area contributed by atoms with Crippen molar-refractivity contribution in [3.8, 4) is 12.3 Å². The molecule has 0 aromatic heterocycles. The predicted octanol–water partition coefficient (Wildman–Crippen LogP) is -0.0690. The number of hydrogen-bond donors (Lipinski definition) is 2. The van der Waals surface area contributed by atoms with Gasteiger partial charge >= 0.3 is 0 Å². The zero-order valence-corrected chi connectivity index (χ0v) is 5.48. The van der Waals surface area contributed by atoms with Gasteiger partial charge in [-0.1, -0.05) is 5.92 Å². The highest BCUT2D eigenvalue weighted by Crippen LogP contribution is 2.16. The minimum absolute atomic E-state index is 0.542. The Morgan fingerprint density at radius 2 is 2.10 bits per heavy atom. The van der Waals surface area contributed by atoms with Crippen LogP contribution in [0.5, 0.6) is 0 Å². The van der Waals surface area contributed by atoms with Crippen LogP contribution in [0.15, 0.2) is 0 Å². The van der Waals surface area contributed by atoms with E-state index in [1.165, 1.54) is 0 Å². The lowest BCUT2D eigenvalue weighted by molar-refractivity contribution is 0.000149. The van der Waals surface area contributed by atoms with Gasteiger partial charge in [-0.05, 0) is 0 Å². The normalized spacial score (nSPS) is 14.3. The fourth-order valence-corrected chi connectivity index (χ4v) is 0.464. The van der Waals surface area contributed by atoms with Crippen molar-refractivity contribution < 1.29 is 8.78 Å². The standard InChI is InChI=1S/C6H10F2N2/c1-2-5(10)3-6(7,8)4-9/h1,5H,3-4,9-10H2. The first kappa shape index (κ1) is 9.34. The molecule has 0 spiro atoms. The average Bonchev–Trinajstić information content (AvgIpc) is 1.87. The molecule has 0 saturated carbocycles. The van der Waals surface area contributed by atoms with E-state index >= 15 is 0 Å². The van der Waals surface area contributed by atoms with Crippen molar-refractivity contribution >= 4 is 0 Å². The Labute approximate surface area is 58.6 Å². The summed E-state index contributed by atoms with van der Waals surface area (Å²) in [5.41, 5.74) is 9.80. The van der Waals surface area contributed by atoms with E-state index in [1.807, 2.05) is 5.92 Å². The second kappa shape index (κ2) is 3.49. The lowest BCUT2D eigenvalue weighted by Crippen LogP contribution is -2.35. The van der Waals surface area contributed by atoms with Crippen LogP contribution in [0.3, 0.4) is 0 Å². The molecule has 1 atom stereocenters. The molecule has 0 aliphatic carbocycles. The number of terminal acetylenes is 1. The third kappa shape index (κ3) is 3.38. The van der Waals surface area contributed by atoms with Crippen LogP contribution in [0.1, 0.15) is 6.42 Å². The monoisotopic (exact) mass is 148 g/mol. The van der Waals surface area contributed by atoms with Gasteiger partial charge in [0, 0.05) is 6.42 Å². The molecule has 0 aromatic carbocycles. The maximum atomic E-state index is 12.3. The summed E-state index contributed by atoms with van der Waals surface area (Å²) in [5.74, 6) is -0.927. The van der Waals surface area contributed by atoms with Crippen LogP contribution in [-0.2, 0) is 0 Å². The fraction of sp³-hybridized carbons (Fsp3) is 0.667. The largest absolute Gasteiger partial charge is 0.325 e. The quantitative estimate of drug-likeness (QED) is 0.550. The number of nitrogens with two attached hydrogens (primary N) is 2. The van der Waals surface area contributed by atoms with E-state index in [0.29, 0.717) is 0 Å². The van der Waals surface area contributed by atoms with Crippen LogP contribution in [0, 0.1) is 12.3 Å². The Morgan fingerprint density at radius 1 is 1.60 bits per heavy atom. The molecular weight excluding hydrogens is 138 g/mol. The summed E-state index contributed by atoms with van der Waals surface area (Å²) in [6, 6.07) is -0.904. The minimum Gasteiger partial charge on any atom is -0.325 e. The molecule has 0 aliphatic rings. The third-order valence-electron chi connectivity index (χ3n) is 1.03. The van der Waals surface area contributed by atoms with Gasteiger partial charge in [-0.3, -0.25) is 0 Å². The van der Waals surface area contributed by atoms with Gasteiger partial charge in [-0.25, -0.2) is 8.78 Å². The lowest BCUT2D eigenvalue weighted by atomic mass is 10.1. The summed E-state index contributed by atoms with van der Waals surface area (Å²) in [7, 11) is 0. The lowest BCUT2D eigenvalue weighted by Gasteiger charge is -2.14. The molecule has 0 radical (unpaired) electrons. The first-order valence-corrected chi connectivity index (χ1v) is 2.81. The first-order chi connectivity index (χ1) is 4.52. The molecule has 1 unspecified atom stereocenters. The summed E-state index contributed by atoms with van der Waals surface area (Å²) in [6.45, 7) is -0.706. The summed E-state index contributed by atoms with van der Waals surface area (Å²) in [5, 5.41) is 0.